The minimum absolute atomic E-state index is 0.0836. The van der Waals surface area contributed by atoms with E-state index in [1.807, 2.05) is 0 Å². The van der Waals surface area contributed by atoms with Gasteiger partial charge in [-0.05, 0) is 24.7 Å². The average molecular weight is 271 g/mol. The molecule has 108 valence electrons. The third-order valence-electron chi connectivity index (χ3n) is 3.51. The van der Waals surface area contributed by atoms with E-state index in [1.165, 1.54) is 0 Å². The molecule has 0 aromatic rings. The molecule has 0 aromatic heterocycles. The van der Waals surface area contributed by atoms with Crippen LogP contribution in [0.25, 0.3) is 0 Å². The smallest absolute Gasteiger partial charge is 0.330 e. The Bertz CT molecular complexity index is 250. The first kappa shape index (κ1) is 15.7. The van der Waals surface area contributed by atoms with Crippen molar-refractivity contribution in [2.24, 2.45) is 17.6 Å². The zero-order valence-corrected chi connectivity index (χ0v) is 10.5. The van der Waals surface area contributed by atoms with E-state index in [2.05, 4.69) is 11.7 Å². The fourth-order valence-electron chi connectivity index (χ4n) is 2.40. The SMILES string of the molecule is CC1CCCC(C(N)COCC(F)(F)C(F)F)C1. The van der Waals surface area contributed by atoms with Crippen molar-refractivity contribution < 1.29 is 22.3 Å². The molecule has 3 unspecified atom stereocenters. The molecule has 0 bridgehead atoms. The summed E-state index contributed by atoms with van der Waals surface area (Å²) in [6, 6.07) is -0.346. The van der Waals surface area contributed by atoms with Crippen molar-refractivity contribution in [1.29, 1.82) is 0 Å². The first-order valence-corrected chi connectivity index (χ1v) is 6.32. The van der Waals surface area contributed by atoms with Gasteiger partial charge >= 0.3 is 12.3 Å². The van der Waals surface area contributed by atoms with Crippen LogP contribution in [0.3, 0.4) is 0 Å². The molecule has 1 aliphatic rings. The van der Waals surface area contributed by atoms with Crippen LogP contribution in [0, 0.1) is 11.8 Å². The Morgan fingerprint density at radius 2 is 2.00 bits per heavy atom. The summed E-state index contributed by atoms with van der Waals surface area (Å²) >= 11 is 0. The van der Waals surface area contributed by atoms with Gasteiger partial charge in [0.1, 0.15) is 6.61 Å². The van der Waals surface area contributed by atoms with Crippen LogP contribution in [0.15, 0.2) is 0 Å². The molecule has 0 aliphatic heterocycles. The molecule has 0 saturated heterocycles. The lowest BCUT2D eigenvalue weighted by Crippen LogP contribution is -2.40. The molecule has 0 radical (unpaired) electrons. The molecule has 6 heteroatoms. The van der Waals surface area contributed by atoms with Gasteiger partial charge in [-0.15, -0.1) is 0 Å². The van der Waals surface area contributed by atoms with Gasteiger partial charge in [0, 0.05) is 6.04 Å². The predicted molar refractivity (Wildman–Crippen MR) is 60.9 cm³/mol. The molecule has 0 spiro atoms. The second kappa shape index (κ2) is 6.70. The van der Waals surface area contributed by atoms with Crippen LogP contribution in [-0.4, -0.2) is 31.6 Å². The molecular formula is C12H21F4NO. The summed E-state index contributed by atoms with van der Waals surface area (Å²) in [5, 5.41) is 0. The molecule has 0 amide bonds. The molecule has 1 aliphatic carbocycles. The van der Waals surface area contributed by atoms with Gasteiger partial charge in [-0.1, -0.05) is 19.8 Å². The third-order valence-corrected chi connectivity index (χ3v) is 3.51. The number of hydrogen-bond donors (Lipinski definition) is 1. The van der Waals surface area contributed by atoms with Gasteiger partial charge in [0.2, 0.25) is 0 Å². The molecule has 1 fully saturated rings. The average Bonchev–Trinajstić information content (AvgIpc) is 2.28. The number of nitrogens with two attached hydrogens (primary N) is 1. The van der Waals surface area contributed by atoms with Crippen LogP contribution in [-0.2, 0) is 4.74 Å². The Morgan fingerprint density at radius 1 is 1.33 bits per heavy atom. The zero-order chi connectivity index (χ0) is 13.8. The van der Waals surface area contributed by atoms with Crippen molar-refractivity contribution in [2.45, 2.75) is 51.0 Å². The normalized spacial score (nSPS) is 27.5. The molecule has 18 heavy (non-hydrogen) atoms. The van der Waals surface area contributed by atoms with E-state index in [-0.39, 0.29) is 18.6 Å². The second-order valence-electron chi connectivity index (χ2n) is 5.27. The quantitative estimate of drug-likeness (QED) is 0.754. The largest absolute Gasteiger partial charge is 0.373 e. The van der Waals surface area contributed by atoms with Crippen molar-refractivity contribution >= 4 is 0 Å². The van der Waals surface area contributed by atoms with Crippen LogP contribution in [0.5, 0.6) is 0 Å². The highest BCUT2D eigenvalue weighted by Gasteiger charge is 2.41. The number of ether oxygens (including phenoxy) is 1. The Labute approximate surface area is 105 Å². The Hall–Kier alpha value is -0.360. The first-order chi connectivity index (χ1) is 8.33. The lowest BCUT2D eigenvalue weighted by molar-refractivity contribution is -0.167. The van der Waals surface area contributed by atoms with Crippen LogP contribution >= 0.6 is 0 Å². The van der Waals surface area contributed by atoms with E-state index in [0.717, 1.165) is 25.7 Å². The van der Waals surface area contributed by atoms with Gasteiger partial charge in [-0.2, -0.15) is 8.78 Å². The molecule has 2 nitrogen and oxygen atoms in total. The summed E-state index contributed by atoms with van der Waals surface area (Å²) < 4.78 is 53.6. The topological polar surface area (TPSA) is 35.2 Å². The molecule has 1 rings (SSSR count). The van der Waals surface area contributed by atoms with E-state index in [9.17, 15) is 17.6 Å². The van der Waals surface area contributed by atoms with E-state index in [4.69, 9.17) is 5.73 Å². The highest BCUT2D eigenvalue weighted by Crippen LogP contribution is 2.30. The van der Waals surface area contributed by atoms with Crippen molar-refractivity contribution in [3.63, 3.8) is 0 Å². The zero-order valence-electron chi connectivity index (χ0n) is 10.5. The number of halogens is 4. The van der Waals surface area contributed by atoms with E-state index in [1.54, 1.807) is 0 Å². The maximum Gasteiger partial charge on any atom is 0.330 e. The third kappa shape index (κ3) is 4.72. The van der Waals surface area contributed by atoms with Crippen LogP contribution in [0.1, 0.15) is 32.6 Å². The predicted octanol–water partition coefficient (Wildman–Crippen LogP) is 3.06. The standard InChI is InChI=1S/C12H21F4NO/c1-8-3-2-4-9(5-8)10(17)6-18-7-12(15,16)11(13)14/h8-11H,2-7,17H2,1H3. The van der Waals surface area contributed by atoms with E-state index < -0.39 is 19.0 Å². The van der Waals surface area contributed by atoms with E-state index in [0.29, 0.717) is 5.92 Å². The first-order valence-electron chi connectivity index (χ1n) is 6.32. The summed E-state index contributed by atoms with van der Waals surface area (Å²) in [7, 11) is 0. The van der Waals surface area contributed by atoms with Crippen LogP contribution < -0.4 is 5.73 Å². The summed E-state index contributed by atoms with van der Waals surface area (Å²) in [6.07, 6.45) is 0.458. The Balaban J connectivity index is 2.26. The molecule has 0 heterocycles. The molecule has 1 saturated carbocycles. The van der Waals surface area contributed by atoms with Crippen molar-refractivity contribution in [2.75, 3.05) is 13.2 Å². The fourth-order valence-corrected chi connectivity index (χ4v) is 2.40. The maximum absolute atomic E-state index is 12.6. The summed E-state index contributed by atoms with van der Waals surface area (Å²) in [4.78, 5) is 0. The second-order valence-corrected chi connectivity index (χ2v) is 5.27. The summed E-state index contributed by atoms with van der Waals surface area (Å²) in [5.41, 5.74) is 5.86. The maximum atomic E-state index is 12.6. The molecule has 2 N–H and O–H groups in total. The number of hydrogen-bond acceptors (Lipinski definition) is 2. The van der Waals surface area contributed by atoms with Gasteiger partial charge in [0.15, 0.2) is 0 Å². The van der Waals surface area contributed by atoms with Crippen LogP contribution in [0.4, 0.5) is 17.6 Å². The van der Waals surface area contributed by atoms with Crippen LogP contribution in [0.2, 0.25) is 0 Å². The Kier molecular flexibility index (Phi) is 5.85. The van der Waals surface area contributed by atoms with Gasteiger partial charge in [0.25, 0.3) is 0 Å². The highest BCUT2D eigenvalue weighted by atomic mass is 19.3. The van der Waals surface area contributed by atoms with Gasteiger partial charge < -0.3 is 10.5 Å². The summed E-state index contributed by atoms with van der Waals surface area (Å²) in [5.74, 6) is -3.26. The minimum atomic E-state index is -4.08. The molecule has 0 aromatic carbocycles. The molecular weight excluding hydrogens is 250 g/mol. The van der Waals surface area contributed by atoms with Crippen molar-refractivity contribution in [3.8, 4) is 0 Å². The monoisotopic (exact) mass is 271 g/mol. The lowest BCUT2D eigenvalue weighted by atomic mass is 9.79. The molecule has 3 atom stereocenters. The van der Waals surface area contributed by atoms with Gasteiger partial charge in [0.05, 0.1) is 6.61 Å². The fraction of sp³-hybridized carbons (Fsp3) is 1.00. The Morgan fingerprint density at radius 3 is 2.56 bits per heavy atom. The van der Waals surface area contributed by atoms with Gasteiger partial charge in [-0.25, -0.2) is 8.78 Å². The summed E-state index contributed by atoms with van der Waals surface area (Å²) in [6.45, 7) is 0.783. The highest BCUT2D eigenvalue weighted by molar-refractivity contribution is 4.79. The van der Waals surface area contributed by atoms with E-state index >= 15 is 0 Å². The van der Waals surface area contributed by atoms with Crippen molar-refractivity contribution in [1.82, 2.24) is 0 Å². The number of rotatable bonds is 6. The minimum Gasteiger partial charge on any atom is -0.373 e. The van der Waals surface area contributed by atoms with Gasteiger partial charge in [-0.3, -0.25) is 0 Å². The van der Waals surface area contributed by atoms with Crippen molar-refractivity contribution in [3.05, 3.63) is 0 Å². The lowest BCUT2D eigenvalue weighted by Gasteiger charge is -2.31. The number of alkyl halides is 4.